The van der Waals surface area contributed by atoms with Gasteiger partial charge in [0.2, 0.25) is 0 Å². The molecule has 0 bridgehead atoms. The molecule has 3 nitrogen and oxygen atoms in total. The summed E-state index contributed by atoms with van der Waals surface area (Å²) in [5, 5.41) is 5.15. The molecule has 1 aromatic carbocycles. The molecule has 2 heterocycles. The molecule has 19 heavy (non-hydrogen) atoms. The van der Waals surface area contributed by atoms with Crippen molar-refractivity contribution in [3.05, 3.63) is 41.4 Å². The molecule has 2 unspecified atom stereocenters. The zero-order valence-corrected chi connectivity index (χ0v) is 12.1. The highest BCUT2D eigenvalue weighted by Crippen LogP contribution is 2.42. The molecule has 0 aliphatic carbocycles. The van der Waals surface area contributed by atoms with Crippen LogP contribution in [-0.4, -0.2) is 10.7 Å². The van der Waals surface area contributed by atoms with Gasteiger partial charge >= 0.3 is 0 Å². The lowest BCUT2D eigenvalue weighted by atomic mass is 9.87. The fourth-order valence-corrected chi connectivity index (χ4v) is 3.29. The molecule has 0 fully saturated rings. The van der Waals surface area contributed by atoms with Crippen molar-refractivity contribution in [2.75, 3.05) is 0 Å². The second-order valence-electron chi connectivity index (χ2n) is 5.05. The smallest absolute Gasteiger partial charge is 0.178 e. The van der Waals surface area contributed by atoms with E-state index in [1.165, 1.54) is 0 Å². The Bertz CT molecular complexity index is 620. The van der Waals surface area contributed by atoms with Gasteiger partial charge in [0.15, 0.2) is 5.60 Å². The zero-order valence-electron chi connectivity index (χ0n) is 11.3. The standard InChI is InChI=1S/C15H16N2OS/c1-10-11(2)17-18-15(10,3)13-9-16-14(19-13)12-7-5-4-6-8-12/h4-10H,1-3H3. The summed E-state index contributed by atoms with van der Waals surface area (Å²) < 4.78 is 0. The second kappa shape index (κ2) is 4.46. The van der Waals surface area contributed by atoms with Crippen LogP contribution < -0.4 is 0 Å². The van der Waals surface area contributed by atoms with Gasteiger partial charge in [0.1, 0.15) is 5.01 Å². The molecule has 0 saturated carbocycles. The van der Waals surface area contributed by atoms with Crippen molar-refractivity contribution in [2.24, 2.45) is 11.1 Å². The van der Waals surface area contributed by atoms with E-state index < -0.39 is 0 Å². The third-order valence-corrected chi connectivity index (χ3v) is 5.11. The summed E-state index contributed by atoms with van der Waals surface area (Å²) in [6, 6.07) is 10.2. The Hall–Kier alpha value is -1.68. The van der Waals surface area contributed by atoms with Gasteiger partial charge in [0.05, 0.1) is 10.6 Å². The minimum atomic E-state index is -0.380. The van der Waals surface area contributed by atoms with Gasteiger partial charge in [0, 0.05) is 17.7 Å². The van der Waals surface area contributed by atoms with Gasteiger partial charge in [-0.05, 0) is 13.8 Å². The van der Waals surface area contributed by atoms with Crippen molar-refractivity contribution < 1.29 is 4.84 Å². The number of aromatic nitrogens is 1. The SMILES string of the molecule is CC1=NOC(C)(c2cnc(-c3ccccc3)s2)C1C. The second-order valence-corrected chi connectivity index (χ2v) is 6.08. The van der Waals surface area contributed by atoms with E-state index in [-0.39, 0.29) is 11.5 Å². The Morgan fingerprint density at radius 2 is 2.00 bits per heavy atom. The number of nitrogens with zero attached hydrogens (tertiary/aromatic N) is 2. The molecule has 0 N–H and O–H groups in total. The van der Waals surface area contributed by atoms with Crippen molar-refractivity contribution in [1.29, 1.82) is 0 Å². The first-order valence-electron chi connectivity index (χ1n) is 6.35. The van der Waals surface area contributed by atoms with Crippen molar-refractivity contribution in [2.45, 2.75) is 26.4 Å². The van der Waals surface area contributed by atoms with E-state index in [9.17, 15) is 0 Å². The Balaban J connectivity index is 1.95. The van der Waals surface area contributed by atoms with Crippen LogP contribution in [-0.2, 0) is 10.4 Å². The number of rotatable bonds is 2. The molecule has 0 amide bonds. The van der Waals surface area contributed by atoms with Crippen LogP contribution in [0.25, 0.3) is 10.6 Å². The number of hydrogen-bond acceptors (Lipinski definition) is 4. The molecular weight excluding hydrogens is 256 g/mol. The minimum Gasteiger partial charge on any atom is -0.383 e. The van der Waals surface area contributed by atoms with Crippen LogP contribution in [0.4, 0.5) is 0 Å². The predicted molar refractivity (Wildman–Crippen MR) is 78.3 cm³/mol. The van der Waals surface area contributed by atoms with E-state index in [1.807, 2.05) is 31.3 Å². The maximum atomic E-state index is 5.66. The summed E-state index contributed by atoms with van der Waals surface area (Å²) in [5.74, 6) is 0.275. The average molecular weight is 272 g/mol. The summed E-state index contributed by atoms with van der Waals surface area (Å²) in [7, 11) is 0. The van der Waals surface area contributed by atoms with E-state index in [1.54, 1.807) is 11.3 Å². The molecule has 2 aromatic rings. The van der Waals surface area contributed by atoms with Crippen molar-refractivity contribution in [3.63, 3.8) is 0 Å². The van der Waals surface area contributed by atoms with Crippen molar-refractivity contribution in [3.8, 4) is 10.6 Å². The van der Waals surface area contributed by atoms with Gasteiger partial charge in [-0.3, -0.25) is 0 Å². The number of benzene rings is 1. The average Bonchev–Trinajstić information content (AvgIpc) is 3.03. The fraction of sp³-hybridized carbons (Fsp3) is 0.333. The van der Waals surface area contributed by atoms with Crippen LogP contribution in [0.1, 0.15) is 25.6 Å². The maximum absolute atomic E-state index is 5.66. The highest BCUT2D eigenvalue weighted by Gasteiger charge is 2.43. The molecule has 0 spiro atoms. The van der Waals surface area contributed by atoms with Crippen LogP contribution in [0, 0.1) is 5.92 Å². The molecule has 3 rings (SSSR count). The minimum absolute atomic E-state index is 0.275. The molecule has 0 radical (unpaired) electrons. The van der Waals surface area contributed by atoms with E-state index >= 15 is 0 Å². The third-order valence-electron chi connectivity index (χ3n) is 3.85. The lowest BCUT2D eigenvalue weighted by Crippen LogP contribution is -2.29. The molecule has 4 heteroatoms. The van der Waals surface area contributed by atoms with Gasteiger partial charge in [-0.15, -0.1) is 11.3 Å². The van der Waals surface area contributed by atoms with E-state index in [4.69, 9.17) is 4.84 Å². The van der Waals surface area contributed by atoms with Crippen LogP contribution in [0.15, 0.2) is 41.7 Å². The molecule has 1 aliphatic heterocycles. The molecule has 2 atom stereocenters. The first kappa shape index (κ1) is 12.4. The Kier molecular flexibility index (Phi) is 2.90. The Labute approximate surface area is 116 Å². The highest BCUT2D eigenvalue weighted by molar-refractivity contribution is 7.15. The molecule has 1 aromatic heterocycles. The molecule has 0 saturated heterocycles. The monoisotopic (exact) mass is 272 g/mol. The number of thiazole rings is 1. The zero-order chi connectivity index (χ0) is 13.5. The first-order valence-corrected chi connectivity index (χ1v) is 7.17. The van der Waals surface area contributed by atoms with E-state index in [0.29, 0.717) is 0 Å². The first-order chi connectivity index (χ1) is 9.11. The number of hydrogen-bond donors (Lipinski definition) is 0. The largest absolute Gasteiger partial charge is 0.383 e. The summed E-state index contributed by atoms with van der Waals surface area (Å²) in [5.41, 5.74) is 1.80. The summed E-state index contributed by atoms with van der Waals surface area (Å²) >= 11 is 1.68. The Morgan fingerprint density at radius 3 is 2.63 bits per heavy atom. The fourth-order valence-electron chi connectivity index (χ4n) is 2.20. The van der Waals surface area contributed by atoms with Crippen LogP contribution in [0.5, 0.6) is 0 Å². The lowest BCUT2D eigenvalue weighted by molar-refractivity contribution is -0.0280. The van der Waals surface area contributed by atoms with Gasteiger partial charge in [-0.25, -0.2) is 4.98 Å². The van der Waals surface area contributed by atoms with Crippen LogP contribution >= 0.6 is 11.3 Å². The quantitative estimate of drug-likeness (QED) is 0.826. The van der Waals surface area contributed by atoms with Gasteiger partial charge in [-0.2, -0.15) is 0 Å². The molecule has 1 aliphatic rings. The van der Waals surface area contributed by atoms with Crippen LogP contribution in [0.2, 0.25) is 0 Å². The van der Waals surface area contributed by atoms with E-state index in [2.05, 4.69) is 36.1 Å². The van der Waals surface area contributed by atoms with E-state index in [0.717, 1.165) is 21.2 Å². The highest BCUT2D eigenvalue weighted by atomic mass is 32.1. The Morgan fingerprint density at radius 1 is 1.26 bits per heavy atom. The lowest BCUT2D eigenvalue weighted by Gasteiger charge is -2.24. The molecule has 98 valence electrons. The van der Waals surface area contributed by atoms with Gasteiger partial charge < -0.3 is 4.84 Å². The summed E-state index contributed by atoms with van der Waals surface area (Å²) in [4.78, 5) is 11.3. The van der Waals surface area contributed by atoms with Crippen molar-refractivity contribution >= 4 is 17.0 Å². The topological polar surface area (TPSA) is 34.5 Å². The van der Waals surface area contributed by atoms with Crippen molar-refractivity contribution in [1.82, 2.24) is 4.98 Å². The number of oxime groups is 1. The van der Waals surface area contributed by atoms with Gasteiger partial charge in [0.25, 0.3) is 0 Å². The normalized spacial score (nSPS) is 26.1. The summed E-state index contributed by atoms with van der Waals surface area (Å²) in [6.07, 6.45) is 1.91. The summed E-state index contributed by atoms with van der Waals surface area (Å²) in [6.45, 7) is 6.24. The van der Waals surface area contributed by atoms with Crippen LogP contribution in [0.3, 0.4) is 0 Å². The predicted octanol–water partition coefficient (Wildman–Crippen LogP) is 4.07. The van der Waals surface area contributed by atoms with Gasteiger partial charge in [-0.1, -0.05) is 42.4 Å². The maximum Gasteiger partial charge on any atom is 0.178 e. The third kappa shape index (κ3) is 1.96. The molecular formula is C15H16N2OS.